The van der Waals surface area contributed by atoms with E-state index in [9.17, 15) is 4.79 Å². The molecule has 1 aromatic rings. The highest BCUT2D eigenvalue weighted by molar-refractivity contribution is 7.80. The maximum Gasteiger partial charge on any atom is 0.240 e. The highest BCUT2D eigenvalue weighted by atomic mass is 32.1. The molecule has 2 rings (SSSR count). The molecule has 4 nitrogen and oxygen atoms in total. The number of hydrogen-bond acceptors (Lipinski definition) is 3. The summed E-state index contributed by atoms with van der Waals surface area (Å²) in [6, 6.07) is 7.83. The molecule has 5 heteroatoms. The van der Waals surface area contributed by atoms with Crippen molar-refractivity contribution in [2.24, 2.45) is 5.73 Å². The molecule has 1 heterocycles. The van der Waals surface area contributed by atoms with Gasteiger partial charge in [-0.15, -0.1) is 0 Å². The standard InChI is InChI=1S/C14H19N3OS/c1-14(2)13(18)16-7-8-17(14)9-10-5-3-4-6-11(10)12(15)19/h3-6H,7-9H2,1-2H3,(H2,15,19)(H,16,18). The van der Waals surface area contributed by atoms with Crippen molar-refractivity contribution in [1.82, 2.24) is 10.2 Å². The molecule has 1 fully saturated rings. The fourth-order valence-electron chi connectivity index (χ4n) is 2.32. The minimum absolute atomic E-state index is 0.0616. The zero-order valence-electron chi connectivity index (χ0n) is 11.3. The van der Waals surface area contributed by atoms with Gasteiger partial charge in [0.25, 0.3) is 0 Å². The molecule has 1 amide bonds. The lowest BCUT2D eigenvalue weighted by molar-refractivity contribution is -0.135. The molecule has 1 aliphatic rings. The average molecular weight is 277 g/mol. The summed E-state index contributed by atoms with van der Waals surface area (Å²) in [6.45, 7) is 6.05. The molecule has 102 valence electrons. The Morgan fingerprint density at radius 3 is 2.84 bits per heavy atom. The summed E-state index contributed by atoms with van der Waals surface area (Å²) in [4.78, 5) is 14.5. The van der Waals surface area contributed by atoms with E-state index in [-0.39, 0.29) is 5.91 Å². The second kappa shape index (κ2) is 5.27. The Kier molecular flexibility index (Phi) is 3.87. The predicted molar refractivity (Wildman–Crippen MR) is 79.8 cm³/mol. The van der Waals surface area contributed by atoms with Crippen molar-refractivity contribution in [2.45, 2.75) is 25.9 Å². The quantitative estimate of drug-likeness (QED) is 0.810. The van der Waals surface area contributed by atoms with Crippen molar-refractivity contribution >= 4 is 23.1 Å². The number of nitrogens with two attached hydrogens (primary N) is 1. The van der Waals surface area contributed by atoms with Gasteiger partial charge in [0.1, 0.15) is 4.99 Å². The number of hydrogen-bond donors (Lipinski definition) is 2. The summed E-state index contributed by atoms with van der Waals surface area (Å²) in [5.74, 6) is 0.0616. The summed E-state index contributed by atoms with van der Waals surface area (Å²) in [5, 5.41) is 2.89. The van der Waals surface area contributed by atoms with Crippen LogP contribution in [0.2, 0.25) is 0 Å². The van der Waals surface area contributed by atoms with E-state index in [0.29, 0.717) is 18.1 Å². The Balaban J connectivity index is 2.26. The molecular weight excluding hydrogens is 258 g/mol. The van der Waals surface area contributed by atoms with Crippen LogP contribution in [0.5, 0.6) is 0 Å². The van der Waals surface area contributed by atoms with Gasteiger partial charge < -0.3 is 11.1 Å². The van der Waals surface area contributed by atoms with Gasteiger partial charge in [-0.05, 0) is 19.4 Å². The van der Waals surface area contributed by atoms with Crippen LogP contribution >= 0.6 is 12.2 Å². The van der Waals surface area contributed by atoms with Gasteiger partial charge in [-0.1, -0.05) is 36.5 Å². The van der Waals surface area contributed by atoms with E-state index in [1.54, 1.807) is 0 Å². The monoisotopic (exact) mass is 277 g/mol. The first kappa shape index (κ1) is 14.0. The first-order chi connectivity index (χ1) is 8.93. The Morgan fingerprint density at radius 1 is 1.47 bits per heavy atom. The summed E-state index contributed by atoms with van der Waals surface area (Å²) in [7, 11) is 0. The lowest BCUT2D eigenvalue weighted by Gasteiger charge is -2.41. The molecule has 1 saturated heterocycles. The van der Waals surface area contributed by atoms with E-state index in [1.807, 2.05) is 38.1 Å². The van der Waals surface area contributed by atoms with Crippen LogP contribution in [0.3, 0.4) is 0 Å². The number of benzene rings is 1. The van der Waals surface area contributed by atoms with Crippen LogP contribution in [-0.2, 0) is 11.3 Å². The average Bonchev–Trinajstić information content (AvgIpc) is 2.36. The van der Waals surface area contributed by atoms with Crippen LogP contribution in [0.15, 0.2) is 24.3 Å². The number of carbonyl (C=O) groups is 1. The number of thiocarbonyl (C=S) groups is 1. The molecule has 0 radical (unpaired) electrons. The fourth-order valence-corrected chi connectivity index (χ4v) is 2.52. The van der Waals surface area contributed by atoms with Crippen molar-refractivity contribution in [2.75, 3.05) is 13.1 Å². The molecule has 1 aliphatic heterocycles. The minimum Gasteiger partial charge on any atom is -0.389 e. The largest absolute Gasteiger partial charge is 0.389 e. The van der Waals surface area contributed by atoms with E-state index in [1.165, 1.54) is 0 Å². The summed E-state index contributed by atoms with van der Waals surface area (Å²) >= 11 is 5.08. The Bertz CT molecular complexity index is 513. The van der Waals surface area contributed by atoms with Crippen molar-refractivity contribution in [3.8, 4) is 0 Å². The summed E-state index contributed by atoms with van der Waals surface area (Å²) in [5.41, 5.74) is 7.19. The third-order valence-corrected chi connectivity index (χ3v) is 3.88. The molecule has 0 bridgehead atoms. The number of rotatable bonds is 3. The maximum atomic E-state index is 11.9. The van der Waals surface area contributed by atoms with Gasteiger partial charge in [0.05, 0.1) is 5.54 Å². The number of amides is 1. The van der Waals surface area contributed by atoms with Gasteiger partial charge in [-0.2, -0.15) is 0 Å². The lowest BCUT2D eigenvalue weighted by Crippen LogP contribution is -2.61. The molecule has 0 aliphatic carbocycles. The van der Waals surface area contributed by atoms with Crippen molar-refractivity contribution in [3.63, 3.8) is 0 Å². The zero-order chi connectivity index (χ0) is 14.0. The molecule has 0 atom stereocenters. The Morgan fingerprint density at radius 2 is 2.16 bits per heavy atom. The SMILES string of the molecule is CC1(C)C(=O)NCCN1Cc1ccccc1C(N)=S. The van der Waals surface area contributed by atoms with Crippen LogP contribution in [0.1, 0.15) is 25.0 Å². The predicted octanol–water partition coefficient (Wildman–Crippen LogP) is 1.03. The molecule has 0 spiro atoms. The molecule has 19 heavy (non-hydrogen) atoms. The van der Waals surface area contributed by atoms with E-state index in [4.69, 9.17) is 18.0 Å². The van der Waals surface area contributed by atoms with Crippen molar-refractivity contribution in [3.05, 3.63) is 35.4 Å². The molecule has 0 saturated carbocycles. The number of nitrogens with zero attached hydrogens (tertiary/aromatic N) is 1. The van der Waals surface area contributed by atoms with Crippen LogP contribution in [0, 0.1) is 0 Å². The third-order valence-electron chi connectivity index (χ3n) is 3.66. The van der Waals surface area contributed by atoms with E-state index >= 15 is 0 Å². The highest BCUT2D eigenvalue weighted by Gasteiger charge is 2.37. The van der Waals surface area contributed by atoms with Crippen molar-refractivity contribution < 1.29 is 4.79 Å². The van der Waals surface area contributed by atoms with Gasteiger partial charge in [0.15, 0.2) is 0 Å². The van der Waals surface area contributed by atoms with E-state index in [2.05, 4.69) is 10.2 Å². The second-order valence-electron chi connectivity index (χ2n) is 5.26. The minimum atomic E-state index is -0.512. The third kappa shape index (κ3) is 2.77. The van der Waals surface area contributed by atoms with Crippen LogP contribution in [0.4, 0.5) is 0 Å². The molecule has 3 N–H and O–H groups in total. The molecule has 0 unspecified atom stereocenters. The van der Waals surface area contributed by atoms with Gasteiger partial charge in [0, 0.05) is 25.2 Å². The first-order valence-electron chi connectivity index (χ1n) is 6.34. The topological polar surface area (TPSA) is 58.4 Å². The molecule has 1 aromatic carbocycles. The first-order valence-corrected chi connectivity index (χ1v) is 6.75. The number of carbonyl (C=O) groups excluding carboxylic acids is 1. The van der Waals surface area contributed by atoms with Gasteiger partial charge in [-0.3, -0.25) is 9.69 Å². The van der Waals surface area contributed by atoms with E-state index < -0.39 is 5.54 Å². The Hall–Kier alpha value is -1.46. The Labute approximate surface area is 119 Å². The second-order valence-corrected chi connectivity index (χ2v) is 5.70. The molecule has 0 aromatic heterocycles. The number of piperazine rings is 1. The normalized spacial score (nSPS) is 18.9. The van der Waals surface area contributed by atoms with Crippen LogP contribution < -0.4 is 11.1 Å². The van der Waals surface area contributed by atoms with Crippen LogP contribution in [0.25, 0.3) is 0 Å². The number of nitrogens with one attached hydrogen (secondary N) is 1. The smallest absolute Gasteiger partial charge is 0.240 e. The van der Waals surface area contributed by atoms with E-state index in [0.717, 1.165) is 17.7 Å². The van der Waals surface area contributed by atoms with Gasteiger partial charge >= 0.3 is 0 Å². The van der Waals surface area contributed by atoms with Gasteiger partial charge in [0.2, 0.25) is 5.91 Å². The summed E-state index contributed by atoms with van der Waals surface area (Å²) < 4.78 is 0. The fraction of sp³-hybridized carbons (Fsp3) is 0.429. The van der Waals surface area contributed by atoms with Gasteiger partial charge in [-0.25, -0.2) is 0 Å². The molecular formula is C14H19N3OS. The van der Waals surface area contributed by atoms with Crippen LogP contribution in [-0.4, -0.2) is 34.4 Å². The maximum absolute atomic E-state index is 11.9. The lowest BCUT2D eigenvalue weighted by atomic mass is 9.97. The summed E-state index contributed by atoms with van der Waals surface area (Å²) in [6.07, 6.45) is 0. The highest BCUT2D eigenvalue weighted by Crippen LogP contribution is 2.22. The zero-order valence-corrected chi connectivity index (χ0v) is 12.1. The van der Waals surface area contributed by atoms with Crippen molar-refractivity contribution in [1.29, 1.82) is 0 Å².